The van der Waals surface area contributed by atoms with Gasteiger partial charge in [-0.25, -0.2) is 8.78 Å². The molecule has 1 unspecified atom stereocenters. The summed E-state index contributed by atoms with van der Waals surface area (Å²) in [5.74, 6) is -0.644. The minimum Gasteiger partial charge on any atom is -0.221 e. The van der Waals surface area contributed by atoms with E-state index in [9.17, 15) is 8.78 Å². The Labute approximate surface area is 56.8 Å². The van der Waals surface area contributed by atoms with Crippen LogP contribution < -0.4 is 0 Å². The quantitative estimate of drug-likeness (QED) is 0.465. The molecule has 0 nitrogen and oxygen atoms in total. The fourth-order valence-corrected chi connectivity index (χ4v) is 0.725. The van der Waals surface area contributed by atoms with Crippen molar-refractivity contribution in [1.29, 1.82) is 0 Å². The Balaban J connectivity index is 2.73. The summed E-state index contributed by atoms with van der Waals surface area (Å²) in [6, 6.07) is 0. The van der Waals surface area contributed by atoms with Gasteiger partial charge in [0.05, 0.1) is 6.42 Å². The lowest BCUT2D eigenvalue weighted by Gasteiger charge is -2.12. The zero-order valence-electron chi connectivity index (χ0n) is 4.44. The Kier molecular flexibility index (Phi) is 1.58. The summed E-state index contributed by atoms with van der Waals surface area (Å²) in [6.07, 6.45) is 4.15. The van der Waals surface area contributed by atoms with Crippen molar-refractivity contribution in [3.8, 4) is 0 Å². The first-order chi connectivity index (χ1) is 4.10. The average molecular weight is 150 g/mol. The zero-order chi connectivity index (χ0) is 6.91. The first-order valence-electron chi connectivity index (χ1n) is 2.39. The van der Waals surface area contributed by atoms with Gasteiger partial charge < -0.3 is 0 Å². The molecule has 0 bridgehead atoms. The van der Waals surface area contributed by atoms with Crippen LogP contribution >= 0.6 is 11.6 Å². The van der Waals surface area contributed by atoms with Crippen molar-refractivity contribution >= 4 is 11.6 Å². The highest BCUT2D eigenvalue weighted by Gasteiger charge is 2.26. The van der Waals surface area contributed by atoms with Crippen LogP contribution in [0.25, 0.3) is 0 Å². The van der Waals surface area contributed by atoms with Crippen LogP contribution in [-0.4, -0.2) is 5.13 Å². The highest BCUT2D eigenvalue weighted by molar-refractivity contribution is 6.25. The standard InChI is InChI=1S/C6H4ClF2/c7-6(9)3-1-2-5(8)4-6/h1-4H. The molecule has 0 aromatic rings. The van der Waals surface area contributed by atoms with Crippen LogP contribution in [-0.2, 0) is 0 Å². The summed E-state index contributed by atoms with van der Waals surface area (Å²) >= 11 is 5.08. The van der Waals surface area contributed by atoms with Gasteiger partial charge in [0.25, 0.3) is 0 Å². The summed E-state index contributed by atoms with van der Waals surface area (Å²) in [5, 5.41) is -2.13. The minimum absolute atomic E-state index is 0.644. The molecule has 0 spiro atoms. The smallest absolute Gasteiger partial charge is 0.212 e. The summed E-state index contributed by atoms with van der Waals surface area (Å²) < 4.78 is 24.6. The second kappa shape index (κ2) is 2.10. The predicted octanol–water partition coefficient (Wildman–Crippen LogP) is 2.52. The van der Waals surface area contributed by atoms with Gasteiger partial charge in [-0.15, -0.1) is 0 Å². The van der Waals surface area contributed by atoms with E-state index < -0.39 is 11.0 Å². The molecule has 0 amide bonds. The van der Waals surface area contributed by atoms with Gasteiger partial charge in [0.15, 0.2) is 0 Å². The third-order valence-corrected chi connectivity index (χ3v) is 1.14. The van der Waals surface area contributed by atoms with E-state index >= 15 is 0 Å². The van der Waals surface area contributed by atoms with Crippen LogP contribution in [0.1, 0.15) is 0 Å². The maximum absolute atomic E-state index is 12.5. The van der Waals surface area contributed by atoms with Gasteiger partial charge in [0, 0.05) is 0 Å². The number of alkyl halides is 2. The zero-order valence-corrected chi connectivity index (χ0v) is 5.20. The van der Waals surface area contributed by atoms with Gasteiger partial charge in [-0.05, 0) is 12.2 Å². The van der Waals surface area contributed by atoms with Gasteiger partial charge in [0.2, 0.25) is 5.13 Å². The molecular formula is C6H4ClF2. The molecule has 0 saturated heterocycles. The Morgan fingerprint density at radius 1 is 1.56 bits per heavy atom. The molecule has 3 heteroatoms. The molecule has 0 aromatic heterocycles. The van der Waals surface area contributed by atoms with E-state index in [4.69, 9.17) is 11.6 Å². The SMILES string of the molecule is FC1=CC=CC(F)(Cl)[CH]1. The second-order valence-corrected chi connectivity index (χ2v) is 2.31. The highest BCUT2D eigenvalue weighted by atomic mass is 35.5. The van der Waals surface area contributed by atoms with E-state index in [1.54, 1.807) is 0 Å². The Bertz CT molecular complexity index is 170. The molecule has 1 aliphatic carbocycles. The second-order valence-electron chi connectivity index (χ2n) is 1.73. The molecule has 9 heavy (non-hydrogen) atoms. The molecule has 0 aliphatic heterocycles. The van der Waals surface area contributed by atoms with E-state index in [1.165, 1.54) is 6.08 Å². The normalized spacial score (nSPS) is 34.3. The monoisotopic (exact) mass is 149 g/mol. The van der Waals surface area contributed by atoms with Crippen LogP contribution in [0, 0.1) is 6.42 Å². The third-order valence-electron chi connectivity index (χ3n) is 0.904. The molecule has 1 rings (SSSR count). The van der Waals surface area contributed by atoms with Crippen LogP contribution in [0.15, 0.2) is 24.1 Å². The van der Waals surface area contributed by atoms with Crippen LogP contribution in [0.4, 0.5) is 8.78 Å². The largest absolute Gasteiger partial charge is 0.221 e. The van der Waals surface area contributed by atoms with Crippen molar-refractivity contribution in [2.45, 2.75) is 5.13 Å². The summed E-state index contributed by atoms with van der Waals surface area (Å²) in [4.78, 5) is 0. The molecule has 1 radical (unpaired) electrons. The van der Waals surface area contributed by atoms with E-state index in [1.807, 2.05) is 0 Å². The lowest BCUT2D eigenvalue weighted by molar-refractivity contribution is 0.380. The maximum Gasteiger partial charge on any atom is 0.212 e. The lowest BCUT2D eigenvalue weighted by atomic mass is 10.1. The molecule has 1 atom stereocenters. The van der Waals surface area contributed by atoms with Gasteiger partial charge in [-0.3, -0.25) is 0 Å². The molecule has 0 aromatic carbocycles. The molecular weight excluding hydrogens is 146 g/mol. The maximum atomic E-state index is 12.5. The van der Waals surface area contributed by atoms with Crippen molar-refractivity contribution in [2.75, 3.05) is 0 Å². The summed E-state index contributed by atoms with van der Waals surface area (Å²) in [5.41, 5.74) is 0. The fraction of sp³-hybridized carbons (Fsp3) is 0.167. The molecule has 49 valence electrons. The Hall–Kier alpha value is -0.370. The van der Waals surface area contributed by atoms with Crippen molar-refractivity contribution in [3.63, 3.8) is 0 Å². The molecule has 0 heterocycles. The van der Waals surface area contributed by atoms with Crippen LogP contribution in [0.3, 0.4) is 0 Å². The van der Waals surface area contributed by atoms with Gasteiger partial charge in [0.1, 0.15) is 5.83 Å². The topological polar surface area (TPSA) is 0 Å². The van der Waals surface area contributed by atoms with Crippen molar-refractivity contribution in [3.05, 3.63) is 30.5 Å². The highest BCUT2D eigenvalue weighted by Crippen LogP contribution is 2.29. The number of hydrogen-bond acceptors (Lipinski definition) is 0. The first kappa shape index (κ1) is 6.75. The fourth-order valence-electron chi connectivity index (χ4n) is 0.548. The number of rotatable bonds is 0. The predicted molar refractivity (Wildman–Crippen MR) is 32.3 cm³/mol. The average Bonchev–Trinajstić information content (AvgIpc) is 1.60. The van der Waals surface area contributed by atoms with E-state index in [2.05, 4.69) is 0 Å². The van der Waals surface area contributed by atoms with E-state index in [0.717, 1.165) is 12.2 Å². The molecule has 0 fully saturated rings. The van der Waals surface area contributed by atoms with Crippen LogP contribution in [0.5, 0.6) is 0 Å². The summed E-state index contributed by atoms with van der Waals surface area (Å²) in [7, 11) is 0. The molecule has 1 aliphatic rings. The minimum atomic E-state index is -2.13. The third kappa shape index (κ3) is 1.79. The lowest BCUT2D eigenvalue weighted by Crippen LogP contribution is -2.13. The van der Waals surface area contributed by atoms with Crippen molar-refractivity contribution < 1.29 is 8.78 Å². The van der Waals surface area contributed by atoms with Crippen LogP contribution in [0.2, 0.25) is 0 Å². The van der Waals surface area contributed by atoms with Gasteiger partial charge in [-0.1, -0.05) is 17.7 Å². The number of allylic oxidation sites excluding steroid dienone is 4. The number of halogens is 3. The van der Waals surface area contributed by atoms with Gasteiger partial charge >= 0.3 is 0 Å². The Morgan fingerprint density at radius 3 is 2.56 bits per heavy atom. The van der Waals surface area contributed by atoms with E-state index in [-0.39, 0.29) is 0 Å². The summed E-state index contributed by atoms with van der Waals surface area (Å²) in [6.45, 7) is 0. The molecule has 0 N–H and O–H groups in total. The van der Waals surface area contributed by atoms with Crippen molar-refractivity contribution in [2.24, 2.45) is 0 Å². The van der Waals surface area contributed by atoms with Gasteiger partial charge in [-0.2, -0.15) is 0 Å². The van der Waals surface area contributed by atoms with Crippen molar-refractivity contribution in [1.82, 2.24) is 0 Å². The van der Waals surface area contributed by atoms with E-state index in [0.29, 0.717) is 6.42 Å². The number of hydrogen-bond donors (Lipinski definition) is 0. The molecule has 0 saturated carbocycles. The Morgan fingerprint density at radius 2 is 2.22 bits per heavy atom. The first-order valence-corrected chi connectivity index (χ1v) is 2.77.